The van der Waals surface area contributed by atoms with Crippen LogP contribution in [0.3, 0.4) is 0 Å². The number of carbonyl (C=O) groups excluding carboxylic acids is 2. The Morgan fingerprint density at radius 3 is 2.15 bits per heavy atom. The Labute approximate surface area is 189 Å². The number of hydrogen-bond acceptors (Lipinski definition) is 3. The van der Waals surface area contributed by atoms with Gasteiger partial charge in [-0.1, -0.05) is 12.1 Å². The summed E-state index contributed by atoms with van der Waals surface area (Å²) in [6.45, 7) is 0. The van der Waals surface area contributed by atoms with Crippen LogP contribution in [0.4, 0.5) is 32.0 Å². The number of anilines is 1. The van der Waals surface area contributed by atoms with Crippen LogP contribution in [0.25, 0.3) is 0 Å². The van der Waals surface area contributed by atoms with Crippen LogP contribution in [0.1, 0.15) is 38.3 Å². The van der Waals surface area contributed by atoms with E-state index >= 15 is 0 Å². The van der Waals surface area contributed by atoms with Gasteiger partial charge in [-0.05, 0) is 54.3 Å². The summed E-state index contributed by atoms with van der Waals surface area (Å²) in [4.78, 5) is 23.7. The van der Waals surface area contributed by atoms with E-state index in [0.717, 1.165) is 5.56 Å². The summed E-state index contributed by atoms with van der Waals surface area (Å²) >= 11 is 0. The highest BCUT2D eigenvalue weighted by Crippen LogP contribution is 2.36. The van der Waals surface area contributed by atoms with Crippen molar-refractivity contribution in [2.45, 2.75) is 31.6 Å². The van der Waals surface area contributed by atoms with Gasteiger partial charge < -0.3 is 11.1 Å². The Morgan fingerprint density at radius 1 is 0.912 bits per heavy atom. The van der Waals surface area contributed by atoms with Crippen molar-refractivity contribution in [3.05, 3.63) is 82.2 Å². The fraction of sp³-hybridized carbons (Fsp3) is 0.227. The van der Waals surface area contributed by atoms with Crippen LogP contribution in [0, 0.1) is 0 Å². The zero-order valence-electron chi connectivity index (χ0n) is 17.3. The van der Waals surface area contributed by atoms with E-state index in [-0.39, 0.29) is 11.8 Å². The van der Waals surface area contributed by atoms with E-state index in [1.807, 2.05) is 0 Å². The third-order valence-electron chi connectivity index (χ3n) is 4.87. The molecule has 0 atom stereocenters. The van der Waals surface area contributed by atoms with Crippen LogP contribution in [-0.2, 0) is 36.4 Å². The number of hydrogen-bond donors (Lipinski definition) is 3. The summed E-state index contributed by atoms with van der Waals surface area (Å²) in [5.41, 5.74) is 3.72. The number of primary amides is 1. The van der Waals surface area contributed by atoms with Gasteiger partial charge in [0.25, 0.3) is 5.91 Å². The third-order valence-corrected chi connectivity index (χ3v) is 4.87. The first kappa shape index (κ1) is 24.8. The van der Waals surface area contributed by atoms with E-state index in [1.54, 1.807) is 18.2 Å². The maximum Gasteiger partial charge on any atom is 0.416 e. The number of amides is 2. The van der Waals surface area contributed by atoms with Crippen molar-refractivity contribution in [3.8, 4) is 0 Å². The normalized spacial score (nSPS) is 11.9. The number of alkyl halides is 6. The number of benzene rings is 2. The van der Waals surface area contributed by atoms with E-state index in [1.165, 1.54) is 12.3 Å². The zero-order chi connectivity index (χ0) is 25.1. The lowest BCUT2D eigenvalue weighted by molar-refractivity contribution is -0.143. The second kappa shape index (κ2) is 9.57. The van der Waals surface area contributed by atoms with Gasteiger partial charge in [-0.3, -0.25) is 14.7 Å². The van der Waals surface area contributed by atoms with Gasteiger partial charge in [-0.25, -0.2) is 0 Å². The minimum atomic E-state index is -5.00. The van der Waals surface area contributed by atoms with Gasteiger partial charge in [0, 0.05) is 11.3 Å². The number of aryl methyl sites for hydroxylation is 2. The molecule has 1 aromatic heterocycles. The van der Waals surface area contributed by atoms with E-state index in [2.05, 4.69) is 15.5 Å². The summed E-state index contributed by atoms with van der Waals surface area (Å²) in [6, 6.07) is 7.56. The Morgan fingerprint density at radius 2 is 1.56 bits per heavy atom. The highest BCUT2D eigenvalue weighted by atomic mass is 19.4. The molecule has 0 bridgehead atoms. The molecular weight excluding hydrogens is 466 g/mol. The molecule has 0 spiro atoms. The van der Waals surface area contributed by atoms with Gasteiger partial charge in [-0.15, -0.1) is 0 Å². The lowest BCUT2D eigenvalue weighted by atomic mass is 10.0. The molecule has 0 aliphatic rings. The Kier molecular flexibility index (Phi) is 6.99. The molecule has 180 valence electrons. The zero-order valence-corrected chi connectivity index (χ0v) is 17.3. The fourth-order valence-electron chi connectivity index (χ4n) is 3.31. The first-order valence-electron chi connectivity index (χ1n) is 9.82. The van der Waals surface area contributed by atoms with Gasteiger partial charge in [0.05, 0.1) is 23.7 Å². The summed E-state index contributed by atoms with van der Waals surface area (Å²) in [5, 5.41) is 8.75. The molecule has 2 aromatic carbocycles. The third kappa shape index (κ3) is 6.36. The van der Waals surface area contributed by atoms with Gasteiger partial charge in [0.2, 0.25) is 5.91 Å². The van der Waals surface area contributed by atoms with Crippen LogP contribution in [0.5, 0.6) is 0 Å². The number of carbonyl (C=O) groups is 2. The predicted octanol–water partition coefficient (Wildman–Crippen LogP) is 4.51. The van der Waals surface area contributed by atoms with Crippen LogP contribution >= 0.6 is 0 Å². The molecule has 2 amide bonds. The molecular formula is C22H18F6N4O2. The van der Waals surface area contributed by atoms with Crippen LogP contribution in [0.15, 0.2) is 48.7 Å². The molecule has 0 unspecified atom stereocenters. The molecule has 0 saturated heterocycles. The van der Waals surface area contributed by atoms with Crippen molar-refractivity contribution in [2.24, 2.45) is 5.73 Å². The van der Waals surface area contributed by atoms with Crippen molar-refractivity contribution in [2.75, 3.05) is 5.32 Å². The summed E-state index contributed by atoms with van der Waals surface area (Å²) in [6.07, 6.45) is -8.35. The van der Waals surface area contributed by atoms with Gasteiger partial charge in [-0.2, -0.15) is 31.4 Å². The highest BCUT2D eigenvalue weighted by Gasteiger charge is 2.37. The molecule has 6 nitrogen and oxygen atoms in total. The van der Waals surface area contributed by atoms with Crippen molar-refractivity contribution >= 4 is 17.5 Å². The molecule has 0 fully saturated rings. The second-order valence-corrected chi connectivity index (χ2v) is 7.47. The van der Waals surface area contributed by atoms with E-state index in [9.17, 15) is 35.9 Å². The Hall–Kier alpha value is -3.83. The first-order chi connectivity index (χ1) is 15.8. The molecule has 0 radical (unpaired) electrons. The van der Waals surface area contributed by atoms with E-state index < -0.39 is 47.3 Å². The Balaban J connectivity index is 1.71. The number of H-pyrrole nitrogens is 1. The first-order valence-corrected chi connectivity index (χ1v) is 9.82. The number of nitrogens with zero attached hydrogens (tertiary/aromatic N) is 1. The summed E-state index contributed by atoms with van der Waals surface area (Å²) in [5.74, 6) is -1.44. The maximum atomic E-state index is 13.0. The van der Waals surface area contributed by atoms with Crippen LogP contribution < -0.4 is 11.1 Å². The minimum absolute atomic E-state index is 0.00847. The molecule has 3 rings (SSSR count). The standard InChI is InChI=1S/C22H18F6N4O2/c23-21(24,25)15-6-13(7-16(10-15)22(26,27)28)9-18(33)31-17-3-1-2-12(8-17)4-5-14-11-30-32-19(14)20(29)34/h1-3,6-8,10-11H,4-5,9H2,(H2,29,34)(H,30,32)(H,31,33). The molecule has 4 N–H and O–H groups in total. The largest absolute Gasteiger partial charge is 0.416 e. The number of halogens is 6. The molecule has 0 saturated carbocycles. The molecule has 3 aromatic rings. The van der Waals surface area contributed by atoms with Crippen molar-refractivity contribution in [3.63, 3.8) is 0 Å². The highest BCUT2D eigenvalue weighted by molar-refractivity contribution is 5.92. The lowest BCUT2D eigenvalue weighted by Crippen LogP contribution is -2.17. The quantitative estimate of drug-likeness (QED) is 0.430. The SMILES string of the molecule is NC(=O)c1[nH]ncc1CCc1cccc(NC(=O)Cc2cc(C(F)(F)F)cc(C(F)(F)F)c2)c1. The smallest absolute Gasteiger partial charge is 0.364 e. The minimum Gasteiger partial charge on any atom is -0.364 e. The molecule has 1 heterocycles. The number of nitrogens with one attached hydrogen (secondary N) is 2. The average molecular weight is 484 g/mol. The van der Waals surface area contributed by atoms with E-state index in [4.69, 9.17) is 5.73 Å². The van der Waals surface area contributed by atoms with Gasteiger partial charge in [0.15, 0.2) is 0 Å². The summed E-state index contributed by atoms with van der Waals surface area (Å²) in [7, 11) is 0. The summed E-state index contributed by atoms with van der Waals surface area (Å²) < 4.78 is 78.1. The molecule has 0 aliphatic carbocycles. The average Bonchev–Trinajstić information content (AvgIpc) is 3.20. The second-order valence-electron chi connectivity index (χ2n) is 7.47. The fourth-order valence-corrected chi connectivity index (χ4v) is 3.31. The number of rotatable bonds is 7. The predicted molar refractivity (Wildman–Crippen MR) is 110 cm³/mol. The topological polar surface area (TPSA) is 101 Å². The number of aromatic amines is 1. The van der Waals surface area contributed by atoms with Crippen molar-refractivity contribution < 1.29 is 35.9 Å². The van der Waals surface area contributed by atoms with Gasteiger partial charge >= 0.3 is 12.4 Å². The molecule has 34 heavy (non-hydrogen) atoms. The Bertz CT molecular complexity index is 1170. The van der Waals surface area contributed by atoms with Crippen molar-refractivity contribution in [1.82, 2.24) is 10.2 Å². The maximum absolute atomic E-state index is 13.0. The number of nitrogens with two attached hydrogens (primary N) is 1. The number of aromatic nitrogens is 2. The van der Waals surface area contributed by atoms with Crippen LogP contribution in [-0.4, -0.2) is 22.0 Å². The van der Waals surface area contributed by atoms with Crippen molar-refractivity contribution in [1.29, 1.82) is 0 Å². The molecule has 0 aliphatic heterocycles. The van der Waals surface area contributed by atoms with E-state index in [0.29, 0.717) is 36.2 Å². The van der Waals surface area contributed by atoms with Gasteiger partial charge in [0.1, 0.15) is 5.69 Å². The monoisotopic (exact) mass is 484 g/mol. The molecule has 12 heteroatoms. The lowest BCUT2D eigenvalue weighted by Gasteiger charge is -2.14. The van der Waals surface area contributed by atoms with Crippen LogP contribution in [0.2, 0.25) is 0 Å².